The van der Waals surface area contributed by atoms with E-state index in [4.69, 9.17) is 0 Å². The molecule has 1 unspecified atom stereocenters. The number of benzene rings is 2. The van der Waals surface area contributed by atoms with Gasteiger partial charge >= 0.3 is 0 Å². The second-order valence-corrected chi connectivity index (χ2v) is 5.71. The van der Waals surface area contributed by atoms with Gasteiger partial charge in [0.05, 0.1) is 0 Å². The van der Waals surface area contributed by atoms with Crippen LogP contribution in [-0.2, 0) is 6.42 Å². The summed E-state index contributed by atoms with van der Waals surface area (Å²) in [6.45, 7) is 0.706. The molecule has 0 saturated heterocycles. The number of likely N-dealkylation sites (N-methyl/N-ethyl adjacent to an activating group) is 1. The van der Waals surface area contributed by atoms with Gasteiger partial charge in [-0.25, -0.2) is 8.78 Å². The van der Waals surface area contributed by atoms with Gasteiger partial charge < -0.3 is 5.32 Å². The van der Waals surface area contributed by atoms with Gasteiger partial charge in [-0.05, 0) is 54.9 Å². The van der Waals surface area contributed by atoms with Crippen molar-refractivity contribution in [2.45, 2.75) is 12.3 Å². The first-order chi connectivity index (χ1) is 9.58. The zero-order chi connectivity index (χ0) is 14.5. The molecule has 0 fully saturated rings. The van der Waals surface area contributed by atoms with Crippen molar-refractivity contribution in [3.8, 4) is 0 Å². The molecule has 0 spiro atoms. The van der Waals surface area contributed by atoms with E-state index in [9.17, 15) is 8.78 Å². The molecule has 2 aromatic rings. The number of rotatable bonds is 5. The van der Waals surface area contributed by atoms with E-state index in [1.165, 1.54) is 24.3 Å². The topological polar surface area (TPSA) is 12.0 Å². The fourth-order valence-electron chi connectivity index (χ4n) is 2.33. The molecule has 0 aromatic heterocycles. The highest BCUT2D eigenvalue weighted by atomic mass is 79.9. The molecular formula is C16H16BrF2N. The number of nitrogens with one attached hydrogen (secondary N) is 1. The van der Waals surface area contributed by atoms with Crippen molar-refractivity contribution >= 4 is 15.9 Å². The minimum absolute atomic E-state index is 0.101. The van der Waals surface area contributed by atoms with Crippen LogP contribution in [0.15, 0.2) is 46.9 Å². The van der Waals surface area contributed by atoms with Crippen LogP contribution in [0.4, 0.5) is 8.78 Å². The lowest BCUT2D eigenvalue weighted by molar-refractivity contribution is 0.594. The third kappa shape index (κ3) is 4.12. The highest BCUT2D eigenvalue weighted by molar-refractivity contribution is 9.10. The first-order valence-electron chi connectivity index (χ1n) is 6.43. The van der Waals surface area contributed by atoms with Gasteiger partial charge in [-0.3, -0.25) is 0 Å². The van der Waals surface area contributed by atoms with Crippen LogP contribution in [0.25, 0.3) is 0 Å². The maximum Gasteiger partial charge on any atom is 0.124 e. The monoisotopic (exact) mass is 339 g/mol. The van der Waals surface area contributed by atoms with Crippen LogP contribution in [-0.4, -0.2) is 13.6 Å². The van der Waals surface area contributed by atoms with Crippen molar-refractivity contribution in [2.75, 3.05) is 13.6 Å². The summed E-state index contributed by atoms with van der Waals surface area (Å²) >= 11 is 3.29. The molecule has 0 radical (unpaired) electrons. The summed E-state index contributed by atoms with van der Waals surface area (Å²) in [5, 5.41) is 3.11. The molecule has 2 aromatic carbocycles. The summed E-state index contributed by atoms with van der Waals surface area (Å²) in [4.78, 5) is 0. The van der Waals surface area contributed by atoms with Gasteiger partial charge in [0.1, 0.15) is 11.6 Å². The number of hydrogen-bond donors (Lipinski definition) is 1. The lowest BCUT2D eigenvalue weighted by Crippen LogP contribution is -2.19. The summed E-state index contributed by atoms with van der Waals surface area (Å²) in [7, 11) is 1.85. The zero-order valence-electron chi connectivity index (χ0n) is 11.2. The zero-order valence-corrected chi connectivity index (χ0v) is 12.8. The molecule has 1 atom stereocenters. The van der Waals surface area contributed by atoms with Gasteiger partial charge in [0.2, 0.25) is 0 Å². The first kappa shape index (κ1) is 15.1. The minimum Gasteiger partial charge on any atom is -0.319 e. The van der Waals surface area contributed by atoms with Gasteiger partial charge in [-0.2, -0.15) is 0 Å². The molecule has 0 aliphatic rings. The molecule has 2 rings (SSSR count). The summed E-state index contributed by atoms with van der Waals surface area (Å²) in [6.07, 6.45) is 0.653. The molecular weight excluding hydrogens is 324 g/mol. The van der Waals surface area contributed by atoms with E-state index in [-0.39, 0.29) is 17.6 Å². The molecule has 106 valence electrons. The van der Waals surface area contributed by atoms with Gasteiger partial charge in [-0.15, -0.1) is 0 Å². The quantitative estimate of drug-likeness (QED) is 0.857. The van der Waals surface area contributed by atoms with E-state index in [0.29, 0.717) is 13.0 Å². The molecule has 20 heavy (non-hydrogen) atoms. The molecule has 0 aliphatic heterocycles. The molecule has 4 heteroatoms. The Balaban J connectivity index is 2.25. The van der Waals surface area contributed by atoms with E-state index >= 15 is 0 Å². The highest BCUT2D eigenvalue weighted by Gasteiger charge is 2.13. The van der Waals surface area contributed by atoms with Crippen molar-refractivity contribution in [1.29, 1.82) is 0 Å². The summed E-state index contributed by atoms with van der Waals surface area (Å²) < 4.78 is 27.5. The maximum absolute atomic E-state index is 13.4. The van der Waals surface area contributed by atoms with Crippen LogP contribution in [0.1, 0.15) is 17.0 Å². The van der Waals surface area contributed by atoms with E-state index in [1.54, 1.807) is 6.07 Å². The van der Waals surface area contributed by atoms with Crippen LogP contribution in [0.2, 0.25) is 0 Å². The number of halogens is 3. The molecule has 0 heterocycles. The second kappa shape index (κ2) is 6.95. The van der Waals surface area contributed by atoms with Crippen molar-refractivity contribution in [3.05, 3.63) is 69.7 Å². The van der Waals surface area contributed by atoms with Gasteiger partial charge in [0, 0.05) is 16.9 Å². The van der Waals surface area contributed by atoms with Crippen LogP contribution in [0.5, 0.6) is 0 Å². The third-order valence-corrected chi connectivity index (χ3v) is 3.63. The minimum atomic E-state index is -0.267. The Hall–Kier alpha value is -1.26. The average molecular weight is 340 g/mol. The Morgan fingerprint density at radius 1 is 1.10 bits per heavy atom. The van der Waals surface area contributed by atoms with Crippen molar-refractivity contribution in [1.82, 2.24) is 5.32 Å². The largest absolute Gasteiger partial charge is 0.319 e. The van der Waals surface area contributed by atoms with Gasteiger partial charge in [-0.1, -0.05) is 28.1 Å². The predicted octanol–water partition coefficient (Wildman–Crippen LogP) is 4.27. The molecule has 0 amide bonds. The van der Waals surface area contributed by atoms with E-state index in [0.717, 1.165) is 15.6 Å². The first-order valence-corrected chi connectivity index (χ1v) is 7.23. The third-order valence-electron chi connectivity index (χ3n) is 3.18. The SMILES string of the molecule is CNCC(Cc1cc(F)cc(Br)c1)c1cccc(F)c1. The number of hydrogen-bond acceptors (Lipinski definition) is 1. The Morgan fingerprint density at radius 3 is 2.55 bits per heavy atom. The van der Waals surface area contributed by atoms with E-state index in [1.807, 2.05) is 19.2 Å². The Bertz CT molecular complexity index is 566. The smallest absolute Gasteiger partial charge is 0.124 e. The molecule has 0 bridgehead atoms. The lowest BCUT2D eigenvalue weighted by Gasteiger charge is -2.17. The normalized spacial score (nSPS) is 12.4. The summed E-state index contributed by atoms with van der Waals surface area (Å²) in [5.41, 5.74) is 1.81. The lowest BCUT2D eigenvalue weighted by atomic mass is 9.92. The van der Waals surface area contributed by atoms with Crippen molar-refractivity contribution in [3.63, 3.8) is 0 Å². The van der Waals surface area contributed by atoms with Crippen LogP contribution >= 0.6 is 15.9 Å². The standard InChI is InChI=1S/C16H16BrF2N/c1-20-10-13(12-3-2-4-15(18)8-12)5-11-6-14(17)9-16(19)7-11/h2-4,6-9,13,20H,5,10H2,1H3. The highest BCUT2D eigenvalue weighted by Crippen LogP contribution is 2.24. The summed E-state index contributed by atoms with van der Waals surface area (Å²) in [6, 6.07) is 11.4. The predicted molar refractivity (Wildman–Crippen MR) is 80.9 cm³/mol. The summed E-state index contributed by atoms with van der Waals surface area (Å²) in [5.74, 6) is -0.412. The molecule has 0 saturated carbocycles. The van der Waals surface area contributed by atoms with E-state index < -0.39 is 0 Å². The molecule has 1 nitrogen and oxygen atoms in total. The van der Waals surface area contributed by atoms with Crippen molar-refractivity contribution < 1.29 is 8.78 Å². The van der Waals surface area contributed by atoms with Crippen LogP contribution in [0.3, 0.4) is 0 Å². The van der Waals surface area contributed by atoms with Crippen molar-refractivity contribution in [2.24, 2.45) is 0 Å². The van der Waals surface area contributed by atoms with Crippen LogP contribution in [0, 0.1) is 11.6 Å². The van der Waals surface area contributed by atoms with E-state index in [2.05, 4.69) is 21.2 Å². The fourth-order valence-corrected chi connectivity index (χ4v) is 2.84. The Labute approximate surface area is 126 Å². The van der Waals surface area contributed by atoms with Crippen LogP contribution < -0.4 is 5.32 Å². The molecule has 0 aliphatic carbocycles. The van der Waals surface area contributed by atoms with Gasteiger partial charge in [0.25, 0.3) is 0 Å². The Kier molecular flexibility index (Phi) is 5.26. The second-order valence-electron chi connectivity index (χ2n) is 4.79. The average Bonchev–Trinajstić information content (AvgIpc) is 2.37. The fraction of sp³-hybridized carbons (Fsp3) is 0.250. The molecule has 1 N–H and O–H groups in total. The maximum atomic E-state index is 13.4. The van der Waals surface area contributed by atoms with Gasteiger partial charge in [0.15, 0.2) is 0 Å². The Morgan fingerprint density at radius 2 is 1.90 bits per heavy atom.